The first-order valence-electron chi connectivity index (χ1n) is 6.07. The zero-order chi connectivity index (χ0) is 15.5. The number of carbonyl (C=O) groups is 1. The third-order valence-electron chi connectivity index (χ3n) is 2.90. The van der Waals surface area contributed by atoms with Gasteiger partial charge in [0.25, 0.3) is 5.69 Å². The number of carbonyl (C=O) groups excluding carboxylic acids is 1. The molecule has 2 N–H and O–H groups in total. The molecule has 1 aromatic rings. The van der Waals surface area contributed by atoms with Crippen LogP contribution < -0.4 is 5.73 Å². The highest BCUT2D eigenvalue weighted by molar-refractivity contribution is 5.76. The number of primary amides is 1. The molecule has 110 valence electrons. The second kappa shape index (κ2) is 5.96. The summed E-state index contributed by atoms with van der Waals surface area (Å²) in [6.45, 7) is 5.76. The first-order chi connectivity index (χ1) is 9.11. The fourth-order valence-electron chi connectivity index (χ4n) is 1.70. The maximum Gasteiger partial charge on any atom is 0.272 e. The summed E-state index contributed by atoms with van der Waals surface area (Å²) in [5, 5.41) is 10.6. The van der Waals surface area contributed by atoms with Crippen LogP contribution in [0.5, 0.6) is 0 Å². The molecule has 0 saturated heterocycles. The smallest absolute Gasteiger partial charge is 0.272 e. The van der Waals surface area contributed by atoms with E-state index in [-0.39, 0.29) is 29.9 Å². The van der Waals surface area contributed by atoms with E-state index in [1.807, 2.05) is 20.8 Å². The normalized spacial score (nSPS) is 11.7. The summed E-state index contributed by atoms with van der Waals surface area (Å²) in [4.78, 5) is 22.7. The Balaban J connectivity index is 3.00. The van der Waals surface area contributed by atoms with Crippen LogP contribution in [0, 0.1) is 15.9 Å². The summed E-state index contributed by atoms with van der Waals surface area (Å²) in [6, 6.07) is 3.47. The minimum Gasteiger partial charge on any atom is -0.369 e. The highest BCUT2D eigenvalue weighted by Crippen LogP contribution is 2.21. The molecule has 0 unspecified atom stereocenters. The fraction of sp³-hybridized carbons (Fsp3) is 0.462. The van der Waals surface area contributed by atoms with Gasteiger partial charge in [-0.15, -0.1) is 0 Å². The quantitative estimate of drug-likeness (QED) is 0.659. The van der Waals surface area contributed by atoms with Gasteiger partial charge in [-0.1, -0.05) is 0 Å². The molecule has 1 amide bonds. The molecule has 0 aliphatic carbocycles. The number of nitrogens with zero attached hydrogens (tertiary/aromatic N) is 2. The lowest BCUT2D eigenvalue weighted by Gasteiger charge is -2.34. The summed E-state index contributed by atoms with van der Waals surface area (Å²) in [5.74, 6) is -1.18. The van der Waals surface area contributed by atoms with Crippen LogP contribution in [-0.2, 0) is 11.3 Å². The minimum atomic E-state index is -0.669. The van der Waals surface area contributed by atoms with Crippen molar-refractivity contribution in [1.82, 2.24) is 4.90 Å². The maximum absolute atomic E-state index is 13.8. The van der Waals surface area contributed by atoms with Crippen LogP contribution >= 0.6 is 0 Å². The molecule has 7 heteroatoms. The molecule has 0 fully saturated rings. The highest BCUT2D eigenvalue weighted by atomic mass is 19.1. The van der Waals surface area contributed by atoms with Crippen molar-refractivity contribution in [3.05, 3.63) is 39.7 Å². The third kappa shape index (κ3) is 4.27. The standard InChI is InChI=1S/C13H18FN3O3/c1-13(2,3)16(8-12(15)18)7-9-4-5-10(17(19)20)6-11(9)14/h4-6H,7-8H2,1-3H3,(H2,15,18). The van der Waals surface area contributed by atoms with Gasteiger partial charge in [0.2, 0.25) is 5.91 Å². The summed E-state index contributed by atoms with van der Waals surface area (Å²) in [7, 11) is 0. The van der Waals surface area contributed by atoms with Crippen LogP contribution in [0.1, 0.15) is 26.3 Å². The van der Waals surface area contributed by atoms with Crippen LogP contribution in [0.3, 0.4) is 0 Å². The maximum atomic E-state index is 13.8. The van der Waals surface area contributed by atoms with E-state index < -0.39 is 16.6 Å². The number of benzene rings is 1. The zero-order valence-corrected chi connectivity index (χ0v) is 11.7. The van der Waals surface area contributed by atoms with Crippen LogP contribution in [0.2, 0.25) is 0 Å². The number of hydrogen-bond acceptors (Lipinski definition) is 4. The molecule has 0 atom stereocenters. The van der Waals surface area contributed by atoms with E-state index in [1.165, 1.54) is 12.1 Å². The average molecular weight is 283 g/mol. The first kappa shape index (κ1) is 16.0. The van der Waals surface area contributed by atoms with Crippen molar-refractivity contribution in [1.29, 1.82) is 0 Å². The van der Waals surface area contributed by atoms with Gasteiger partial charge in [-0.2, -0.15) is 0 Å². The number of amides is 1. The zero-order valence-electron chi connectivity index (χ0n) is 11.7. The van der Waals surface area contributed by atoms with Gasteiger partial charge < -0.3 is 5.73 Å². The molecular weight excluding hydrogens is 265 g/mol. The Kier molecular flexibility index (Phi) is 4.78. The average Bonchev–Trinajstić information content (AvgIpc) is 2.28. The minimum absolute atomic E-state index is 0.0140. The van der Waals surface area contributed by atoms with Gasteiger partial charge in [-0.05, 0) is 26.8 Å². The second-order valence-electron chi connectivity index (χ2n) is 5.53. The molecule has 1 rings (SSSR count). The lowest BCUT2D eigenvalue weighted by Crippen LogP contribution is -2.45. The number of nitro groups is 1. The van der Waals surface area contributed by atoms with Crippen LogP contribution in [0.25, 0.3) is 0 Å². The predicted molar refractivity (Wildman–Crippen MR) is 72.4 cm³/mol. The van der Waals surface area contributed by atoms with Gasteiger partial charge in [0.15, 0.2) is 0 Å². The van der Waals surface area contributed by atoms with Crippen molar-refractivity contribution in [2.75, 3.05) is 6.54 Å². The lowest BCUT2D eigenvalue weighted by molar-refractivity contribution is -0.385. The number of halogens is 1. The summed E-state index contributed by atoms with van der Waals surface area (Å²) in [5.41, 5.74) is 4.78. The molecule has 0 aromatic heterocycles. The molecule has 1 aromatic carbocycles. The van der Waals surface area contributed by atoms with Crippen molar-refractivity contribution in [2.45, 2.75) is 32.9 Å². The van der Waals surface area contributed by atoms with Crippen molar-refractivity contribution < 1.29 is 14.1 Å². The summed E-state index contributed by atoms with van der Waals surface area (Å²) < 4.78 is 13.8. The number of hydrogen-bond donors (Lipinski definition) is 1. The monoisotopic (exact) mass is 283 g/mol. The fourth-order valence-corrected chi connectivity index (χ4v) is 1.70. The second-order valence-corrected chi connectivity index (χ2v) is 5.53. The molecule has 0 heterocycles. The van der Waals surface area contributed by atoms with Crippen molar-refractivity contribution in [2.24, 2.45) is 5.73 Å². The SMILES string of the molecule is CC(C)(C)N(CC(N)=O)Cc1ccc([N+](=O)[O-])cc1F. The van der Waals surface area contributed by atoms with E-state index in [0.29, 0.717) is 0 Å². The van der Waals surface area contributed by atoms with Crippen LogP contribution in [0.4, 0.5) is 10.1 Å². The van der Waals surface area contributed by atoms with Gasteiger partial charge in [-0.3, -0.25) is 19.8 Å². The van der Waals surface area contributed by atoms with E-state index in [2.05, 4.69) is 0 Å². The molecule has 0 saturated carbocycles. The lowest BCUT2D eigenvalue weighted by atomic mass is 10.0. The van der Waals surface area contributed by atoms with Gasteiger partial charge in [0.05, 0.1) is 17.5 Å². The molecule has 0 radical (unpaired) electrons. The van der Waals surface area contributed by atoms with E-state index in [9.17, 15) is 19.3 Å². The van der Waals surface area contributed by atoms with Gasteiger partial charge >= 0.3 is 0 Å². The van der Waals surface area contributed by atoms with Gasteiger partial charge in [-0.25, -0.2) is 4.39 Å². The number of nitrogens with two attached hydrogens (primary N) is 1. The van der Waals surface area contributed by atoms with Gasteiger partial charge in [0, 0.05) is 23.7 Å². The molecular formula is C13H18FN3O3. The van der Waals surface area contributed by atoms with E-state index in [1.54, 1.807) is 4.90 Å². The van der Waals surface area contributed by atoms with Crippen molar-refractivity contribution in [3.63, 3.8) is 0 Å². The Bertz CT molecular complexity index is 526. The summed E-state index contributed by atoms with van der Waals surface area (Å²) in [6.07, 6.45) is 0. The topological polar surface area (TPSA) is 89.5 Å². The van der Waals surface area contributed by atoms with Crippen molar-refractivity contribution >= 4 is 11.6 Å². The van der Waals surface area contributed by atoms with Crippen LogP contribution in [-0.4, -0.2) is 27.8 Å². The van der Waals surface area contributed by atoms with E-state index >= 15 is 0 Å². The predicted octanol–water partition coefficient (Wildman–Crippen LogP) is 1.82. The molecule has 0 spiro atoms. The third-order valence-corrected chi connectivity index (χ3v) is 2.90. The van der Waals surface area contributed by atoms with E-state index in [4.69, 9.17) is 5.73 Å². The first-order valence-corrected chi connectivity index (χ1v) is 6.07. The molecule has 0 aliphatic rings. The molecule has 6 nitrogen and oxygen atoms in total. The molecule has 20 heavy (non-hydrogen) atoms. The number of non-ortho nitro benzene ring substituents is 1. The Morgan fingerprint density at radius 3 is 2.45 bits per heavy atom. The highest BCUT2D eigenvalue weighted by Gasteiger charge is 2.24. The Morgan fingerprint density at radius 2 is 2.05 bits per heavy atom. The number of nitro benzene ring substituents is 1. The Labute approximate surface area is 116 Å². The van der Waals surface area contributed by atoms with Crippen molar-refractivity contribution in [3.8, 4) is 0 Å². The number of rotatable bonds is 5. The van der Waals surface area contributed by atoms with Crippen LogP contribution in [0.15, 0.2) is 18.2 Å². The Morgan fingerprint density at radius 1 is 1.45 bits per heavy atom. The summed E-state index contributed by atoms with van der Waals surface area (Å²) >= 11 is 0. The van der Waals surface area contributed by atoms with E-state index in [0.717, 1.165) is 6.07 Å². The van der Waals surface area contributed by atoms with Gasteiger partial charge in [0.1, 0.15) is 5.82 Å². The molecule has 0 aliphatic heterocycles. The largest absolute Gasteiger partial charge is 0.369 e. The molecule has 0 bridgehead atoms. The Hall–Kier alpha value is -2.02.